The van der Waals surface area contributed by atoms with E-state index in [4.69, 9.17) is 4.74 Å². The highest BCUT2D eigenvalue weighted by atomic mass is 16.5. The Bertz CT molecular complexity index is 756. The van der Waals surface area contributed by atoms with Crippen molar-refractivity contribution in [2.24, 2.45) is 0 Å². The second-order valence-electron chi connectivity index (χ2n) is 5.51. The van der Waals surface area contributed by atoms with Crippen molar-refractivity contribution in [3.63, 3.8) is 0 Å². The lowest BCUT2D eigenvalue weighted by atomic mass is 10.0. The molecular weight excluding hydrogens is 294 g/mol. The van der Waals surface area contributed by atoms with Gasteiger partial charge in [0.15, 0.2) is 0 Å². The number of H-pyrrole nitrogens is 1. The van der Waals surface area contributed by atoms with E-state index < -0.39 is 6.04 Å². The molecule has 2 heterocycles. The molecule has 1 aromatic carbocycles. The first kappa shape index (κ1) is 15.3. The molecule has 0 fully saturated rings. The summed E-state index contributed by atoms with van der Waals surface area (Å²) >= 11 is 0. The fraction of sp³-hybridized carbons (Fsp3) is 0.294. The Morgan fingerprint density at radius 2 is 2.09 bits per heavy atom. The van der Waals surface area contributed by atoms with Crippen LogP contribution in [0.5, 0.6) is 5.75 Å². The van der Waals surface area contributed by atoms with Gasteiger partial charge in [-0.3, -0.25) is 14.9 Å². The van der Waals surface area contributed by atoms with Gasteiger partial charge in [0.1, 0.15) is 18.4 Å². The van der Waals surface area contributed by atoms with Crippen LogP contribution in [0.4, 0.5) is 0 Å². The molecule has 0 aliphatic carbocycles. The maximum atomic E-state index is 12.8. The third kappa shape index (κ3) is 3.43. The Morgan fingerprint density at radius 3 is 2.91 bits per heavy atom. The van der Waals surface area contributed by atoms with E-state index in [1.807, 2.05) is 24.3 Å². The first-order valence-corrected chi connectivity index (χ1v) is 7.53. The third-order valence-electron chi connectivity index (χ3n) is 3.80. The minimum Gasteiger partial charge on any atom is -0.492 e. The van der Waals surface area contributed by atoms with Crippen molar-refractivity contribution in [3.05, 3.63) is 64.1 Å². The number of hydrogen-bond donors (Lipinski definition) is 2. The summed E-state index contributed by atoms with van der Waals surface area (Å²) in [6.07, 6.45) is 0. The number of amides is 1. The average molecular weight is 313 g/mol. The normalized spacial score (nSPS) is 16.8. The van der Waals surface area contributed by atoms with Crippen LogP contribution in [-0.2, 0) is 11.3 Å². The van der Waals surface area contributed by atoms with Gasteiger partial charge in [-0.2, -0.15) is 0 Å². The molecule has 6 nitrogen and oxygen atoms in total. The van der Waals surface area contributed by atoms with E-state index in [9.17, 15) is 9.59 Å². The molecule has 0 saturated carbocycles. The molecule has 120 valence electrons. The summed E-state index contributed by atoms with van der Waals surface area (Å²) < 4.78 is 5.66. The van der Waals surface area contributed by atoms with Gasteiger partial charge in [-0.05, 0) is 12.1 Å². The van der Waals surface area contributed by atoms with Gasteiger partial charge in [0.05, 0.1) is 6.54 Å². The summed E-state index contributed by atoms with van der Waals surface area (Å²) in [6, 6.07) is 12.0. The number of nitrogens with zero attached hydrogens (tertiary/aromatic N) is 1. The van der Waals surface area contributed by atoms with Gasteiger partial charge in [0, 0.05) is 30.9 Å². The number of para-hydroxylation sites is 1. The second kappa shape index (κ2) is 6.66. The molecule has 2 N–H and O–H groups in total. The van der Waals surface area contributed by atoms with Crippen molar-refractivity contribution in [1.82, 2.24) is 15.2 Å². The predicted octanol–water partition coefficient (Wildman–Crippen LogP) is 1.06. The number of carbonyl (C=O) groups is 1. The highest BCUT2D eigenvalue weighted by Gasteiger charge is 2.28. The molecule has 1 unspecified atom stereocenters. The molecule has 3 rings (SSSR count). The van der Waals surface area contributed by atoms with E-state index in [2.05, 4.69) is 10.3 Å². The largest absolute Gasteiger partial charge is 0.492 e. The van der Waals surface area contributed by atoms with Crippen LogP contribution in [0.1, 0.15) is 17.3 Å². The number of aromatic nitrogens is 1. The first-order valence-electron chi connectivity index (χ1n) is 7.53. The SMILES string of the molecule is CN(Cc1cccc(=O)[nH]1)C(=O)C1NCCOc2ccccc21. The number of likely N-dealkylation sites (N-methyl/N-ethyl adjacent to an activating group) is 1. The molecule has 1 aliphatic heterocycles. The molecule has 1 amide bonds. The fourth-order valence-corrected chi connectivity index (χ4v) is 2.68. The van der Waals surface area contributed by atoms with Gasteiger partial charge in [0.2, 0.25) is 11.5 Å². The minimum absolute atomic E-state index is 0.0624. The van der Waals surface area contributed by atoms with Crippen molar-refractivity contribution in [2.45, 2.75) is 12.6 Å². The monoisotopic (exact) mass is 313 g/mol. The predicted molar refractivity (Wildman–Crippen MR) is 86.2 cm³/mol. The van der Waals surface area contributed by atoms with Crippen LogP contribution in [0.25, 0.3) is 0 Å². The number of fused-ring (bicyclic) bond motifs is 1. The van der Waals surface area contributed by atoms with E-state index in [0.717, 1.165) is 11.3 Å². The number of ether oxygens (including phenoxy) is 1. The molecular formula is C17H19N3O3. The van der Waals surface area contributed by atoms with Crippen molar-refractivity contribution in [3.8, 4) is 5.75 Å². The molecule has 0 spiro atoms. The van der Waals surface area contributed by atoms with Crippen LogP contribution in [0, 0.1) is 0 Å². The zero-order valence-corrected chi connectivity index (χ0v) is 12.9. The maximum absolute atomic E-state index is 12.8. The van der Waals surface area contributed by atoms with Gasteiger partial charge in [-0.15, -0.1) is 0 Å². The third-order valence-corrected chi connectivity index (χ3v) is 3.80. The van der Waals surface area contributed by atoms with E-state index in [1.165, 1.54) is 6.07 Å². The number of nitrogens with one attached hydrogen (secondary N) is 2. The molecule has 1 aromatic heterocycles. The Balaban J connectivity index is 1.80. The molecule has 23 heavy (non-hydrogen) atoms. The molecule has 0 bridgehead atoms. The van der Waals surface area contributed by atoms with Crippen LogP contribution in [0.3, 0.4) is 0 Å². The van der Waals surface area contributed by atoms with Crippen LogP contribution < -0.4 is 15.6 Å². The van der Waals surface area contributed by atoms with Crippen molar-refractivity contribution < 1.29 is 9.53 Å². The summed E-state index contributed by atoms with van der Waals surface area (Å²) in [5, 5.41) is 3.23. The quantitative estimate of drug-likeness (QED) is 0.888. The number of hydrogen-bond acceptors (Lipinski definition) is 4. The molecule has 0 saturated heterocycles. The molecule has 1 aliphatic rings. The van der Waals surface area contributed by atoms with Gasteiger partial charge in [-0.25, -0.2) is 0 Å². The highest BCUT2D eigenvalue weighted by Crippen LogP contribution is 2.28. The Labute approximate surface area is 134 Å². The minimum atomic E-state index is -0.450. The summed E-state index contributed by atoms with van der Waals surface area (Å²) in [5.74, 6) is 0.671. The van der Waals surface area contributed by atoms with Crippen molar-refractivity contribution >= 4 is 5.91 Å². The van der Waals surface area contributed by atoms with E-state index >= 15 is 0 Å². The van der Waals surface area contributed by atoms with E-state index in [1.54, 1.807) is 24.1 Å². The Hall–Kier alpha value is -2.60. The fourth-order valence-electron chi connectivity index (χ4n) is 2.68. The average Bonchev–Trinajstić information content (AvgIpc) is 2.76. The highest BCUT2D eigenvalue weighted by molar-refractivity contribution is 5.84. The zero-order chi connectivity index (χ0) is 16.2. The summed E-state index contributed by atoms with van der Waals surface area (Å²) in [4.78, 5) is 28.5. The van der Waals surface area contributed by atoms with Gasteiger partial charge < -0.3 is 14.6 Å². The van der Waals surface area contributed by atoms with Crippen LogP contribution >= 0.6 is 0 Å². The summed E-state index contributed by atoms with van der Waals surface area (Å²) in [5.41, 5.74) is 1.37. The zero-order valence-electron chi connectivity index (χ0n) is 12.9. The van der Waals surface area contributed by atoms with Crippen LogP contribution in [0.2, 0.25) is 0 Å². The van der Waals surface area contributed by atoms with Gasteiger partial charge >= 0.3 is 0 Å². The lowest BCUT2D eigenvalue weighted by Crippen LogP contribution is -2.39. The number of aromatic amines is 1. The van der Waals surface area contributed by atoms with Crippen molar-refractivity contribution in [1.29, 1.82) is 0 Å². The molecule has 0 radical (unpaired) electrons. The topological polar surface area (TPSA) is 74.4 Å². The number of benzene rings is 1. The maximum Gasteiger partial charge on any atom is 0.248 e. The summed E-state index contributed by atoms with van der Waals surface area (Å²) in [6.45, 7) is 1.47. The standard InChI is InChI=1S/C17H19N3O3/c1-20(11-12-5-4-8-15(21)19-12)17(22)16-13-6-2-3-7-14(13)23-10-9-18-16/h2-8,16,18H,9-11H2,1H3,(H,19,21). The van der Waals surface area contributed by atoms with Gasteiger partial charge in [-0.1, -0.05) is 24.3 Å². The number of carbonyl (C=O) groups excluding carboxylic acids is 1. The smallest absolute Gasteiger partial charge is 0.248 e. The summed E-state index contributed by atoms with van der Waals surface area (Å²) in [7, 11) is 1.73. The van der Waals surface area contributed by atoms with E-state index in [0.29, 0.717) is 25.4 Å². The first-order chi connectivity index (χ1) is 11.1. The van der Waals surface area contributed by atoms with Gasteiger partial charge in [0.25, 0.3) is 0 Å². The Morgan fingerprint density at radius 1 is 1.26 bits per heavy atom. The van der Waals surface area contributed by atoms with Crippen LogP contribution in [0.15, 0.2) is 47.3 Å². The number of pyridine rings is 1. The van der Waals surface area contributed by atoms with Crippen LogP contribution in [-0.4, -0.2) is 36.0 Å². The molecule has 2 aromatic rings. The molecule has 6 heteroatoms. The number of rotatable bonds is 3. The second-order valence-corrected chi connectivity index (χ2v) is 5.51. The van der Waals surface area contributed by atoms with Crippen molar-refractivity contribution in [2.75, 3.05) is 20.2 Å². The lowest BCUT2D eigenvalue weighted by molar-refractivity contribution is -0.132. The Kier molecular flexibility index (Phi) is 4.43. The molecule has 1 atom stereocenters. The lowest BCUT2D eigenvalue weighted by Gasteiger charge is -2.24. The van der Waals surface area contributed by atoms with E-state index in [-0.39, 0.29) is 11.5 Å².